The van der Waals surface area contributed by atoms with Gasteiger partial charge in [-0.05, 0) is 31.7 Å². The third kappa shape index (κ3) is 6.11. The van der Waals surface area contributed by atoms with Gasteiger partial charge in [-0.3, -0.25) is 4.79 Å². The van der Waals surface area contributed by atoms with E-state index in [1.54, 1.807) is 6.92 Å². The number of carbonyl (C=O) groups is 1. The van der Waals surface area contributed by atoms with Gasteiger partial charge in [0.25, 0.3) is 0 Å². The van der Waals surface area contributed by atoms with Gasteiger partial charge >= 0.3 is 0 Å². The molecule has 0 aromatic heterocycles. The summed E-state index contributed by atoms with van der Waals surface area (Å²) in [4.78, 5) is 12.2. The summed E-state index contributed by atoms with van der Waals surface area (Å²) in [5.74, 6) is -0.162. The molecule has 0 radical (unpaired) electrons. The molecule has 6 heteroatoms. The number of carbonyl (C=O) groups excluding carboxylic acids is 1. The van der Waals surface area contributed by atoms with Gasteiger partial charge in [0, 0.05) is 26.4 Å². The van der Waals surface area contributed by atoms with Crippen molar-refractivity contribution in [1.82, 2.24) is 5.32 Å². The lowest BCUT2D eigenvalue weighted by Gasteiger charge is -2.24. The highest BCUT2D eigenvalue weighted by Crippen LogP contribution is 2.17. The number of amides is 1. The maximum atomic E-state index is 12.2. The summed E-state index contributed by atoms with van der Waals surface area (Å²) < 4.78 is 11.1. The first-order valence-corrected chi connectivity index (χ1v) is 7.93. The van der Waals surface area contributed by atoms with E-state index in [0.717, 1.165) is 38.0 Å². The minimum atomic E-state index is -1.01. The van der Waals surface area contributed by atoms with Gasteiger partial charge in [0.05, 0.1) is 6.10 Å². The Morgan fingerprint density at radius 1 is 1.35 bits per heavy atom. The molecule has 3 N–H and O–H groups in total. The van der Waals surface area contributed by atoms with Crippen LogP contribution < -0.4 is 11.1 Å². The fourth-order valence-corrected chi connectivity index (χ4v) is 2.47. The zero-order valence-corrected chi connectivity index (χ0v) is 14.4. The fraction of sp³-hybridized carbons (Fsp3) is 0.588. The molecule has 1 fully saturated rings. The number of hydrogen-bond acceptors (Lipinski definition) is 4. The van der Waals surface area contributed by atoms with Crippen molar-refractivity contribution in [2.24, 2.45) is 5.73 Å². The Labute approximate surface area is 144 Å². The number of ether oxygens (including phenoxy) is 2. The van der Waals surface area contributed by atoms with Crippen molar-refractivity contribution in [1.29, 1.82) is 0 Å². The van der Waals surface area contributed by atoms with E-state index in [2.05, 4.69) is 5.32 Å². The fourth-order valence-electron chi connectivity index (χ4n) is 2.47. The van der Waals surface area contributed by atoms with E-state index < -0.39 is 5.54 Å². The lowest BCUT2D eigenvalue weighted by Crippen LogP contribution is -2.49. The van der Waals surface area contributed by atoms with Gasteiger partial charge in [-0.25, -0.2) is 0 Å². The van der Waals surface area contributed by atoms with Crippen molar-refractivity contribution in [3.8, 4) is 0 Å². The molecular weight excluding hydrogens is 316 g/mol. The Hall–Kier alpha value is -1.14. The molecule has 0 spiro atoms. The number of halogens is 1. The highest BCUT2D eigenvalue weighted by Gasteiger charge is 2.29. The standard InChI is InChI=1S/C17H26N2O3.ClH/c1-17(18,14-6-3-2-4-7-14)16(20)19-10-5-11-22-15-8-12-21-13-9-15;/h2-4,6-7,15H,5,8-13,18H2,1H3,(H,19,20);1H. The van der Waals surface area contributed by atoms with Crippen LogP contribution in [0.15, 0.2) is 30.3 Å². The Morgan fingerprint density at radius 2 is 2.00 bits per heavy atom. The first-order valence-electron chi connectivity index (χ1n) is 7.93. The lowest BCUT2D eigenvalue weighted by molar-refractivity contribution is -0.126. The van der Waals surface area contributed by atoms with Crippen molar-refractivity contribution in [3.05, 3.63) is 35.9 Å². The van der Waals surface area contributed by atoms with Crippen molar-refractivity contribution in [3.63, 3.8) is 0 Å². The summed E-state index contributed by atoms with van der Waals surface area (Å²) in [6.07, 6.45) is 3.00. The SMILES string of the molecule is CC(N)(C(=O)NCCCOC1CCOCC1)c1ccccc1.Cl. The van der Waals surface area contributed by atoms with Gasteiger partial charge in [0.15, 0.2) is 0 Å². The molecule has 0 bridgehead atoms. The lowest BCUT2D eigenvalue weighted by atomic mass is 9.92. The maximum Gasteiger partial charge on any atom is 0.244 e. The average molecular weight is 343 g/mol. The minimum absolute atomic E-state index is 0. The first-order chi connectivity index (χ1) is 10.6. The van der Waals surface area contributed by atoms with E-state index in [-0.39, 0.29) is 18.3 Å². The van der Waals surface area contributed by atoms with Crippen molar-refractivity contribution in [2.75, 3.05) is 26.4 Å². The second-order valence-corrected chi connectivity index (χ2v) is 5.86. The predicted octanol–water partition coefficient (Wildman–Crippen LogP) is 1.98. The number of nitrogens with one attached hydrogen (secondary N) is 1. The van der Waals surface area contributed by atoms with Crippen molar-refractivity contribution in [2.45, 2.75) is 37.8 Å². The van der Waals surface area contributed by atoms with Crippen molar-refractivity contribution >= 4 is 18.3 Å². The largest absolute Gasteiger partial charge is 0.381 e. The topological polar surface area (TPSA) is 73.6 Å². The smallest absolute Gasteiger partial charge is 0.244 e. The molecule has 2 rings (SSSR count). The van der Waals surface area contributed by atoms with Crippen LogP contribution in [0.2, 0.25) is 0 Å². The van der Waals surface area contributed by atoms with Crippen LogP contribution in [0.4, 0.5) is 0 Å². The predicted molar refractivity (Wildman–Crippen MR) is 92.6 cm³/mol. The molecule has 1 aliphatic rings. The zero-order valence-electron chi connectivity index (χ0n) is 13.6. The van der Waals surface area contributed by atoms with Crippen LogP contribution in [-0.4, -0.2) is 38.4 Å². The van der Waals surface area contributed by atoms with Crippen molar-refractivity contribution < 1.29 is 14.3 Å². The second-order valence-electron chi connectivity index (χ2n) is 5.86. The maximum absolute atomic E-state index is 12.2. The molecule has 1 aliphatic heterocycles. The third-order valence-corrected chi connectivity index (χ3v) is 3.97. The van der Waals surface area contributed by atoms with Crippen LogP contribution in [0.3, 0.4) is 0 Å². The summed E-state index contributed by atoms with van der Waals surface area (Å²) in [7, 11) is 0. The van der Waals surface area contributed by atoms with Gasteiger partial charge in [-0.1, -0.05) is 30.3 Å². The second kappa shape index (κ2) is 9.88. The van der Waals surface area contributed by atoms with Gasteiger partial charge in [0.2, 0.25) is 5.91 Å². The van der Waals surface area contributed by atoms with E-state index in [1.807, 2.05) is 30.3 Å². The van der Waals surface area contributed by atoms with Crippen LogP contribution >= 0.6 is 12.4 Å². The monoisotopic (exact) mass is 342 g/mol. The number of benzene rings is 1. The van der Waals surface area contributed by atoms with Gasteiger partial charge in [-0.15, -0.1) is 12.4 Å². The molecule has 1 unspecified atom stereocenters. The van der Waals surface area contributed by atoms with E-state index in [0.29, 0.717) is 19.3 Å². The average Bonchev–Trinajstić information content (AvgIpc) is 2.56. The summed E-state index contributed by atoms with van der Waals surface area (Å²) in [5.41, 5.74) is 5.96. The van der Waals surface area contributed by atoms with E-state index in [1.165, 1.54) is 0 Å². The van der Waals surface area contributed by atoms with Crippen LogP contribution in [0.1, 0.15) is 31.7 Å². The Morgan fingerprint density at radius 3 is 2.65 bits per heavy atom. The number of nitrogens with two attached hydrogens (primary N) is 1. The molecule has 1 atom stereocenters. The molecule has 1 saturated heterocycles. The summed E-state index contributed by atoms with van der Waals surface area (Å²) >= 11 is 0. The molecule has 1 aromatic carbocycles. The van der Waals surface area contributed by atoms with Gasteiger partial charge in [-0.2, -0.15) is 0 Å². The van der Waals surface area contributed by atoms with Gasteiger partial charge in [0.1, 0.15) is 5.54 Å². The molecule has 5 nitrogen and oxygen atoms in total. The number of hydrogen-bond donors (Lipinski definition) is 2. The highest BCUT2D eigenvalue weighted by molar-refractivity contribution is 5.86. The molecule has 1 heterocycles. The zero-order chi connectivity index (χ0) is 15.8. The Balaban J connectivity index is 0.00000264. The molecule has 1 aromatic rings. The van der Waals surface area contributed by atoms with Crippen LogP contribution in [0, 0.1) is 0 Å². The van der Waals surface area contributed by atoms with Crippen LogP contribution in [-0.2, 0) is 19.8 Å². The summed E-state index contributed by atoms with van der Waals surface area (Å²) in [5, 5.41) is 2.89. The van der Waals surface area contributed by atoms with Crippen LogP contribution in [0.5, 0.6) is 0 Å². The van der Waals surface area contributed by atoms with E-state index in [4.69, 9.17) is 15.2 Å². The molecule has 1 amide bonds. The Bertz CT molecular complexity index is 462. The first kappa shape index (κ1) is 19.9. The highest BCUT2D eigenvalue weighted by atomic mass is 35.5. The summed E-state index contributed by atoms with van der Waals surface area (Å²) in [6.45, 7) is 4.52. The minimum Gasteiger partial charge on any atom is -0.381 e. The number of rotatable bonds is 7. The molecule has 0 saturated carbocycles. The molecule has 23 heavy (non-hydrogen) atoms. The quantitative estimate of drug-likeness (QED) is 0.743. The van der Waals surface area contributed by atoms with E-state index >= 15 is 0 Å². The van der Waals surface area contributed by atoms with Gasteiger partial charge < -0.3 is 20.5 Å². The van der Waals surface area contributed by atoms with Crippen LogP contribution in [0.25, 0.3) is 0 Å². The Kier molecular flexibility index (Phi) is 8.55. The normalized spacial score (nSPS) is 17.8. The molecule has 130 valence electrons. The summed E-state index contributed by atoms with van der Waals surface area (Å²) in [6, 6.07) is 9.41. The van der Waals surface area contributed by atoms with E-state index in [9.17, 15) is 4.79 Å². The molecule has 0 aliphatic carbocycles. The molecular formula is C17H27ClN2O3. The third-order valence-electron chi connectivity index (χ3n) is 3.97.